The van der Waals surface area contributed by atoms with E-state index >= 15 is 0 Å². The number of benzene rings is 2. The first-order chi connectivity index (χ1) is 12.5. The lowest BCUT2D eigenvalue weighted by Crippen LogP contribution is -2.13. The van der Waals surface area contributed by atoms with Crippen LogP contribution < -0.4 is 17.2 Å². The topological polar surface area (TPSA) is 117 Å². The van der Waals surface area contributed by atoms with E-state index in [-0.39, 0.29) is 5.91 Å². The molecule has 0 fully saturated rings. The number of amides is 1. The molecule has 0 aliphatic rings. The second-order valence-corrected chi connectivity index (χ2v) is 6.37. The Hall–Kier alpha value is -2.70. The lowest BCUT2D eigenvalue weighted by atomic mass is 10.1. The van der Waals surface area contributed by atoms with Crippen molar-refractivity contribution in [1.82, 2.24) is 4.57 Å². The molecule has 0 aliphatic heterocycles. The fourth-order valence-electron chi connectivity index (χ4n) is 2.62. The molecule has 1 amide bonds. The molecule has 0 saturated heterocycles. The van der Waals surface area contributed by atoms with E-state index < -0.39 is 5.91 Å². The van der Waals surface area contributed by atoms with Gasteiger partial charge in [-0.15, -0.1) is 0 Å². The number of aromatic nitrogens is 1. The van der Waals surface area contributed by atoms with Crippen molar-refractivity contribution in [3.05, 3.63) is 59.7 Å². The molecular formula is C20H26N4O2. The number of primary amides is 1. The van der Waals surface area contributed by atoms with E-state index in [1.807, 2.05) is 24.3 Å². The van der Waals surface area contributed by atoms with Gasteiger partial charge in [0.15, 0.2) is 0 Å². The number of hydrogen-bond donors (Lipinski definition) is 3. The van der Waals surface area contributed by atoms with Gasteiger partial charge < -0.3 is 17.2 Å². The van der Waals surface area contributed by atoms with E-state index in [9.17, 15) is 9.59 Å². The van der Waals surface area contributed by atoms with Crippen molar-refractivity contribution in [3.8, 4) is 0 Å². The van der Waals surface area contributed by atoms with Crippen molar-refractivity contribution in [2.24, 2.45) is 23.1 Å². The summed E-state index contributed by atoms with van der Waals surface area (Å²) in [6.45, 7) is 3.74. The smallest absolute Gasteiger partial charge is 0.262 e. The summed E-state index contributed by atoms with van der Waals surface area (Å²) < 4.78 is 1.64. The van der Waals surface area contributed by atoms with Crippen molar-refractivity contribution < 1.29 is 9.59 Å². The van der Waals surface area contributed by atoms with Crippen LogP contribution in [0.15, 0.2) is 48.5 Å². The Kier molecular flexibility index (Phi) is 6.89. The fourth-order valence-corrected chi connectivity index (χ4v) is 2.62. The molecule has 138 valence electrons. The maximum absolute atomic E-state index is 12.3. The van der Waals surface area contributed by atoms with Crippen molar-refractivity contribution in [1.29, 1.82) is 0 Å². The molecule has 2 aromatic heterocycles. The number of hydrogen-bond acceptors (Lipinski definition) is 4. The van der Waals surface area contributed by atoms with Crippen LogP contribution in [0.4, 0.5) is 0 Å². The van der Waals surface area contributed by atoms with Crippen LogP contribution in [0.2, 0.25) is 0 Å². The Morgan fingerprint density at radius 1 is 0.923 bits per heavy atom. The highest BCUT2D eigenvalue weighted by molar-refractivity contribution is 6.03. The van der Waals surface area contributed by atoms with Gasteiger partial charge in [-0.25, -0.2) is 0 Å². The minimum Gasteiger partial charge on any atom is -0.366 e. The Bertz CT molecular complexity index is 791. The molecule has 3 rings (SSSR count). The van der Waals surface area contributed by atoms with Crippen molar-refractivity contribution in [2.75, 3.05) is 13.1 Å². The van der Waals surface area contributed by atoms with Gasteiger partial charge >= 0.3 is 0 Å². The van der Waals surface area contributed by atoms with E-state index in [1.54, 1.807) is 28.8 Å². The van der Waals surface area contributed by atoms with Gasteiger partial charge in [0.2, 0.25) is 5.91 Å². The number of carbonyl (C=O) groups excluding carboxylic acids is 2. The predicted octanol–water partition coefficient (Wildman–Crippen LogP) is 2.19. The number of fused-ring (bicyclic) bond motifs is 2. The molecule has 6 heteroatoms. The molecule has 0 radical (unpaired) electrons. The van der Waals surface area contributed by atoms with Crippen molar-refractivity contribution in [2.45, 2.75) is 19.8 Å². The number of carbonyl (C=O) groups is 2. The third-order valence-electron chi connectivity index (χ3n) is 4.29. The van der Waals surface area contributed by atoms with Crippen LogP contribution in [0.5, 0.6) is 0 Å². The minimum absolute atomic E-state index is 0.106. The highest BCUT2D eigenvalue weighted by Crippen LogP contribution is 2.19. The molecule has 6 nitrogen and oxygen atoms in total. The van der Waals surface area contributed by atoms with Gasteiger partial charge in [0.05, 0.1) is 0 Å². The standard InChI is InChI=1S/C14H10N2O2.C6H16N2/c15-13(17)9-1-3-10(4-2-9)14(18)16-11-5-6-12(16)8-7-11;1-6(5-8)3-2-4-7/h1-8H,(H2,15,17);6H,2-5,7-8H2,1H3. The maximum Gasteiger partial charge on any atom is 0.262 e. The summed E-state index contributed by atoms with van der Waals surface area (Å²) in [6.07, 6.45) is 2.28. The monoisotopic (exact) mass is 354 g/mol. The van der Waals surface area contributed by atoms with Gasteiger partial charge in [-0.3, -0.25) is 14.2 Å². The van der Waals surface area contributed by atoms with Crippen LogP contribution in [0.3, 0.4) is 0 Å². The highest BCUT2D eigenvalue weighted by atomic mass is 16.2. The number of nitrogens with two attached hydrogens (primary N) is 3. The predicted molar refractivity (Wildman–Crippen MR) is 104 cm³/mol. The molecule has 0 aliphatic carbocycles. The Labute approximate surface area is 153 Å². The fraction of sp³-hybridized carbons (Fsp3) is 0.300. The highest BCUT2D eigenvalue weighted by Gasteiger charge is 2.14. The van der Waals surface area contributed by atoms with E-state index in [0.717, 1.165) is 30.5 Å². The average molecular weight is 354 g/mol. The second kappa shape index (κ2) is 9.12. The molecule has 0 spiro atoms. The number of nitrogens with zero attached hydrogens (tertiary/aromatic N) is 1. The van der Waals surface area contributed by atoms with Crippen LogP contribution in [0.1, 0.15) is 40.5 Å². The third-order valence-corrected chi connectivity index (χ3v) is 4.29. The molecule has 1 aromatic carbocycles. The zero-order valence-electron chi connectivity index (χ0n) is 15.0. The van der Waals surface area contributed by atoms with E-state index in [1.165, 1.54) is 6.42 Å². The molecule has 0 saturated carbocycles. The van der Waals surface area contributed by atoms with E-state index in [4.69, 9.17) is 17.2 Å². The van der Waals surface area contributed by atoms with Gasteiger partial charge in [0.25, 0.3) is 5.91 Å². The first kappa shape index (κ1) is 19.6. The summed E-state index contributed by atoms with van der Waals surface area (Å²) in [4.78, 5) is 23.2. The summed E-state index contributed by atoms with van der Waals surface area (Å²) in [7, 11) is 0. The van der Waals surface area contributed by atoms with Crippen LogP contribution in [0, 0.1) is 5.92 Å². The van der Waals surface area contributed by atoms with Crippen LogP contribution in [-0.2, 0) is 0 Å². The zero-order valence-corrected chi connectivity index (χ0v) is 15.0. The lowest BCUT2D eigenvalue weighted by Gasteiger charge is -2.04. The lowest BCUT2D eigenvalue weighted by molar-refractivity contribution is 0.0965. The summed E-state index contributed by atoms with van der Waals surface area (Å²) >= 11 is 0. The minimum atomic E-state index is -0.498. The Morgan fingerprint density at radius 2 is 1.42 bits per heavy atom. The van der Waals surface area contributed by atoms with Crippen molar-refractivity contribution >= 4 is 22.8 Å². The molecule has 2 bridgehead atoms. The molecular weight excluding hydrogens is 328 g/mol. The van der Waals surface area contributed by atoms with E-state index in [0.29, 0.717) is 17.0 Å². The summed E-state index contributed by atoms with van der Waals surface area (Å²) in [6, 6.07) is 13.9. The van der Waals surface area contributed by atoms with Crippen LogP contribution in [0.25, 0.3) is 11.0 Å². The molecule has 2 heterocycles. The van der Waals surface area contributed by atoms with Gasteiger partial charge in [-0.05, 0) is 80.4 Å². The summed E-state index contributed by atoms with van der Waals surface area (Å²) in [5.41, 5.74) is 18.5. The molecule has 1 atom stereocenters. The average Bonchev–Trinajstić information content (AvgIpc) is 3.26. The van der Waals surface area contributed by atoms with Crippen molar-refractivity contribution in [3.63, 3.8) is 0 Å². The quantitative estimate of drug-likeness (QED) is 0.629. The third kappa shape index (κ3) is 4.68. The van der Waals surface area contributed by atoms with Gasteiger partial charge in [0.1, 0.15) is 0 Å². The zero-order chi connectivity index (χ0) is 19.1. The number of rotatable bonds is 6. The van der Waals surface area contributed by atoms with E-state index in [2.05, 4.69) is 6.92 Å². The van der Waals surface area contributed by atoms with Gasteiger partial charge in [0, 0.05) is 22.2 Å². The Balaban J connectivity index is 0.000000260. The maximum atomic E-state index is 12.3. The Morgan fingerprint density at radius 3 is 1.85 bits per heavy atom. The normalized spacial score (nSPS) is 11.8. The van der Waals surface area contributed by atoms with Crippen LogP contribution >= 0.6 is 0 Å². The SMILES string of the molecule is CC(CN)CCCN.NC(=O)c1ccc(C(=O)n2c3ccc2cc3)cc1. The van der Waals surface area contributed by atoms with Crippen LogP contribution in [-0.4, -0.2) is 29.5 Å². The van der Waals surface area contributed by atoms with Gasteiger partial charge in [-0.2, -0.15) is 0 Å². The first-order valence-electron chi connectivity index (χ1n) is 8.72. The molecule has 3 aromatic rings. The summed E-state index contributed by atoms with van der Waals surface area (Å²) in [5, 5.41) is 0. The molecule has 26 heavy (non-hydrogen) atoms. The molecule has 6 N–H and O–H groups in total. The van der Waals surface area contributed by atoms with Gasteiger partial charge in [-0.1, -0.05) is 6.92 Å². The first-order valence-corrected chi connectivity index (χ1v) is 8.72. The summed E-state index contributed by atoms with van der Waals surface area (Å²) in [5.74, 6) is 0.0481. The second-order valence-electron chi connectivity index (χ2n) is 6.37. The molecule has 1 unspecified atom stereocenters. The largest absolute Gasteiger partial charge is 0.366 e.